The van der Waals surface area contributed by atoms with Gasteiger partial charge in [0.15, 0.2) is 0 Å². The second-order valence-electron chi connectivity index (χ2n) is 5.74. The minimum atomic E-state index is -0.224. The number of benzene rings is 3. The van der Waals surface area contributed by atoms with Crippen LogP contribution in [0.5, 0.6) is 0 Å². The summed E-state index contributed by atoms with van der Waals surface area (Å²) in [5, 5.41) is 2.83. The zero-order chi connectivity index (χ0) is 18.5. The van der Waals surface area contributed by atoms with Gasteiger partial charge in [0, 0.05) is 34.0 Å². The summed E-state index contributed by atoms with van der Waals surface area (Å²) in [6.07, 6.45) is 0. The smallest absolute Gasteiger partial charge is 0.258 e. The molecule has 0 aliphatic heterocycles. The summed E-state index contributed by atoms with van der Waals surface area (Å²) in [4.78, 5) is 26.6. The average Bonchev–Trinajstić information content (AvgIpc) is 2.68. The molecule has 2 amide bonds. The second kappa shape index (κ2) is 7.97. The van der Waals surface area contributed by atoms with Gasteiger partial charge in [0.25, 0.3) is 11.8 Å². The van der Waals surface area contributed by atoms with E-state index in [1.54, 1.807) is 48.3 Å². The molecule has 0 aliphatic rings. The van der Waals surface area contributed by atoms with Crippen molar-refractivity contribution in [3.8, 4) is 0 Å². The van der Waals surface area contributed by atoms with Crippen LogP contribution in [0.4, 0.5) is 11.4 Å². The van der Waals surface area contributed by atoms with Crippen LogP contribution in [0.3, 0.4) is 0 Å². The Morgan fingerprint density at radius 2 is 1.54 bits per heavy atom. The summed E-state index contributed by atoms with van der Waals surface area (Å²) < 4.78 is 0.908. The van der Waals surface area contributed by atoms with Gasteiger partial charge in [0.2, 0.25) is 0 Å². The summed E-state index contributed by atoms with van der Waals surface area (Å²) in [5.41, 5.74) is 2.43. The molecule has 0 unspecified atom stereocenters. The van der Waals surface area contributed by atoms with Crippen molar-refractivity contribution in [2.75, 3.05) is 17.3 Å². The van der Waals surface area contributed by atoms with Gasteiger partial charge in [-0.25, -0.2) is 0 Å². The Bertz CT molecular complexity index is 924. The van der Waals surface area contributed by atoms with Gasteiger partial charge in [-0.15, -0.1) is 0 Å². The molecule has 3 rings (SSSR count). The molecule has 130 valence electrons. The molecule has 3 aromatic rings. The minimum Gasteiger partial charge on any atom is -0.322 e. The van der Waals surface area contributed by atoms with E-state index in [2.05, 4.69) is 21.2 Å². The maximum atomic E-state index is 12.7. The van der Waals surface area contributed by atoms with Crippen LogP contribution in [0, 0.1) is 0 Å². The summed E-state index contributed by atoms with van der Waals surface area (Å²) in [6.45, 7) is 0. The number of carbonyl (C=O) groups excluding carboxylic acids is 2. The highest BCUT2D eigenvalue weighted by Gasteiger charge is 2.14. The van der Waals surface area contributed by atoms with E-state index in [0.717, 1.165) is 10.2 Å². The van der Waals surface area contributed by atoms with Crippen molar-refractivity contribution >= 4 is 39.1 Å². The third-order valence-corrected chi connectivity index (χ3v) is 4.45. The number of carbonyl (C=O) groups is 2. The number of amides is 2. The molecule has 3 aromatic carbocycles. The van der Waals surface area contributed by atoms with E-state index in [0.29, 0.717) is 16.8 Å². The van der Waals surface area contributed by atoms with Crippen LogP contribution in [0.25, 0.3) is 0 Å². The largest absolute Gasteiger partial charge is 0.322 e. The van der Waals surface area contributed by atoms with E-state index in [9.17, 15) is 9.59 Å². The predicted octanol–water partition coefficient (Wildman–Crippen LogP) is 4.98. The molecule has 0 saturated carbocycles. The number of nitrogens with zero attached hydrogens (tertiary/aromatic N) is 1. The molecule has 0 spiro atoms. The summed E-state index contributed by atoms with van der Waals surface area (Å²) >= 11 is 3.35. The van der Waals surface area contributed by atoms with Gasteiger partial charge in [-0.2, -0.15) is 0 Å². The number of anilines is 2. The predicted molar refractivity (Wildman–Crippen MR) is 108 cm³/mol. The third kappa shape index (κ3) is 4.18. The molecular formula is C21H17BrN2O2. The van der Waals surface area contributed by atoms with E-state index >= 15 is 0 Å². The van der Waals surface area contributed by atoms with Crippen molar-refractivity contribution in [3.63, 3.8) is 0 Å². The highest BCUT2D eigenvalue weighted by Crippen LogP contribution is 2.18. The number of nitrogens with one attached hydrogen (secondary N) is 1. The lowest BCUT2D eigenvalue weighted by Crippen LogP contribution is -2.26. The van der Waals surface area contributed by atoms with Gasteiger partial charge >= 0.3 is 0 Å². The molecule has 4 nitrogen and oxygen atoms in total. The van der Waals surface area contributed by atoms with E-state index in [1.165, 1.54) is 0 Å². The van der Waals surface area contributed by atoms with E-state index in [-0.39, 0.29) is 11.8 Å². The van der Waals surface area contributed by atoms with Crippen LogP contribution in [0.15, 0.2) is 83.3 Å². The lowest BCUT2D eigenvalue weighted by Gasteiger charge is -2.17. The summed E-state index contributed by atoms with van der Waals surface area (Å²) in [7, 11) is 1.73. The zero-order valence-corrected chi connectivity index (χ0v) is 15.7. The van der Waals surface area contributed by atoms with Gasteiger partial charge < -0.3 is 10.2 Å². The Labute approximate surface area is 160 Å². The molecule has 0 saturated heterocycles. The molecule has 0 aromatic heterocycles. The molecule has 0 bridgehead atoms. The standard InChI is InChI=1S/C21H17BrN2O2/c1-24(19-8-3-2-4-9-19)21(26)16-6-5-7-18(14-16)23-20(25)15-10-12-17(22)13-11-15/h2-14H,1H3,(H,23,25). The van der Waals surface area contributed by atoms with Gasteiger partial charge in [0.05, 0.1) is 0 Å². The van der Waals surface area contributed by atoms with Gasteiger partial charge in [0.1, 0.15) is 0 Å². The fraction of sp³-hybridized carbons (Fsp3) is 0.0476. The van der Waals surface area contributed by atoms with Gasteiger partial charge in [-0.3, -0.25) is 9.59 Å². The Hall–Kier alpha value is -2.92. The highest BCUT2D eigenvalue weighted by atomic mass is 79.9. The number of hydrogen-bond donors (Lipinski definition) is 1. The molecule has 1 N–H and O–H groups in total. The molecular weight excluding hydrogens is 392 g/mol. The van der Waals surface area contributed by atoms with E-state index < -0.39 is 0 Å². The normalized spacial score (nSPS) is 10.2. The van der Waals surface area contributed by atoms with Crippen molar-refractivity contribution in [2.24, 2.45) is 0 Å². The van der Waals surface area contributed by atoms with Crippen molar-refractivity contribution in [1.29, 1.82) is 0 Å². The first-order chi connectivity index (χ1) is 12.5. The fourth-order valence-corrected chi connectivity index (χ4v) is 2.76. The van der Waals surface area contributed by atoms with Crippen molar-refractivity contribution in [3.05, 3.63) is 94.5 Å². The van der Waals surface area contributed by atoms with Gasteiger partial charge in [-0.1, -0.05) is 40.2 Å². The molecule has 5 heteroatoms. The first kappa shape index (κ1) is 17.9. The van der Waals surface area contributed by atoms with Crippen molar-refractivity contribution in [1.82, 2.24) is 0 Å². The third-order valence-electron chi connectivity index (χ3n) is 3.92. The van der Waals surface area contributed by atoms with Gasteiger partial charge in [-0.05, 0) is 54.6 Å². The van der Waals surface area contributed by atoms with E-state index in [4.69, 9.17) is 0 Å². The maximum Gasteiger partial charge on any atom is 0.258 e. The maximum absolute atomic E-state index is 12.7. The lowest BCUT2D eigenvalue weighted by atomic mass is 10.1. The monoisotopic (exact) mass is 408 g/mol. The topological polar surface area (TPSA) is 49.4 Å². The van der Waals surface area contributed by atoms with Crippen LogP contribution < -0.4 is 10.2 Å². The molecule has 0 radical (unpaired) electrons. The number of hydrogen-bond acceptors (Lipinski definition) is 2. The van der Waals surface area contributed by atoms with Crippen LogP contribution >= 0.6 is 15.9 Å². The molecule has 0 fully saturated rings. The van der Waals surface area contributed by atoms with Crippen LogP contribution in [-0.4, -0.2) is 18.9 Å². The zero-order valence-electron chi connectivity index (χ0n) is 14.1. The SMILES string of the molecule is CN(C(=O)c1cccc(NC(=O)c2ccc(Br)cc2)c1)c1ccccc1. The van der Waals surface area contributed by atoms with Crippen LogP contribution in [0.2, 0.25) is 0 Å². The molecule has 0 aliphatic carbocycles. The summed E-state index contributed by atoms with van der Waals surface area (Å²) in [5.74, 6) is -0.366. The Kier molecular flexibility index (Phi) is 5.49. The minimum absolute atomic E-state index is 0.143. The highest BCUT2D eigenvalue weighted by molar-refractivity contribution is 9.10. The van der Waals surface area contributed by atoms with Crippen LogP contribution in [-0.2, 0) is 0 Å². The average molecular weight is 409 g/mol. The lowest BCUT2D eigenvalue weighted by molar-refractivity contribution is 0.0990. The number of halogens is 1. The quantitative estimate of drug-likeness (QED) is 0.661. The first-order valence-electron chi connectivity index (χ1n) is 8.05. The second-order valence-corrected chi connectivity index (χ2v) is 6.66. The Morgan fingerprint density at radius 1 is 0.846 bits per heavy atom. The molecule has 0 heterocycles. The fourth-order valence-electron chi connectivity index (χ4n) is 2.50. The van der Waals surface area contributed by atoms with Crippen molar-refractivity contribution in [2.45, 2.75) is 0 Å². The first-order valence-corrected chi connectivity index (χ1v) is 8.84. The van der Waals surface area contributed by atoms with Crippen LogP contribution in [0.1, 0.15) is 20.7 Å². The summed E-state index contributed by atoms with van der Waals surface area (Å²) in [6, 6.07) is 23.4. The Balaban J connectivity index is 1.76. The van der Waals surface area contributed by atoms with E-state index in [1.807, 2.05) is 42.5 Å². The molecule has 26 heavy (non-hydrogen) atoms. The number of para-hydroxylation sites is 1. The molecule has 0 atom stereocenters. The number of rotatable bonds is 4. The Morgan fingerprint density at radius 3 is 2.23 bits per heavy atom. The van der Waals surface area contributed by atoms with Crippen molar-refractivity contribution < 1.29 is 9.59 Å².